The maximum absolute atomic E-state index is 13.8. The number of pyridine rings is 1. The second-order valence-corrected chi connectivity index (χ2v) is 5.40. The number of halogens is 2. The van der Waals surface area contributed by atoms with E-state index in [0.29, 0.717) is 16.2 Å². The lowest BCUT2D eigenvalue weighted by molar-refractivity contribution is 0.111. The highest BCUT2D eigenvalue weighted by Crippen LogP contribution is 2.30. The number of hydrogen-bond acceptors (Lipinski definition) is 4. The molecule has 0 N–H and O–H groups in total. The minimum Gasteiger partial charge on any atom is -0.296 e. The molecule has 22 heavy (non-hydrogen) atoms. The predicted molar refractivity (Wildman–Crippen MR) is 77.2 cm³/mol. The second-order valence-electron chi connectivity index (χ2n) is 4.31. The lowest BCUT2D eigenvalue weighted by atomic mass is 10.4. The van der Waals surface area contributed by atoms with Gasteiger partial charge in [0.05, 0.1) is 0 Å². The summed E-state index contributed by atoms with van der Waals surface area (Å²) in [6.07, 6.45) is 1.89. The average molecular weight is 317 g/mol. The van der Waals surface area contributed by atoms with Crippen LogP contribution in [-0.2, 0) is 0 Å². The molecule has 0 aliphatic heterocycles. The molecule has 0 amide bonds. The summed E-state index contributed by atoms with van der Waals surface area (Å²) in [5.41, 5.74) is 0.275. The van der Waals surface area contributed by atoms with Crippen molar-refractivity contribution >= 4 is 18.0 Å². The molecule has 0 fully saturated rings. The highest BCUT2D eigenvalue weighted by molar-refractivity contribution is 7.99. The molecule has 0 aliphatic rings. The highest BCUT2D eigenvalue weighted by Gasteiger charge is 2.14. The van der Waals surface area contributed by atoms with Crippen molar-refractivity contribution in [2.45, 2.75) is 9.92 Å². The summed E-state index contributed by atoms with van der Waals surface area (Å²) in [5.74, 6) is -1.08. The van der Waals surface area contributed by atoms with Crippen LogP contribution < -0.4 is 0 Å². The lowest BCUT2D eigenvalue weighted by Gasteiger charge is -2.07. The van der Waals surface area contributed by atoms with Crippen molar-refractivity contribution < 1.29 is 13.6 Å². The summed E-state index contributed by atoms with van der Waals surface area (Å²) >= 11 is 1.18. The lowest BCUT2D eigenvalue weighted by Crippen LogP contribution is -2.03. The molecule has 1 aromatic carbocycles. The zero-order valence-corrected chi connectivity index (χ0v) is 11.9. The van der Waals surface area contributed by atoms with Crippen LogP contribution in [0.25, 0.3) is 5.69 Å². The first-order valence-electron chi connectivity index (χ1n) is 6.27. The third kappa shape index (κ3) is 2.89. The highest BCUT2D eigenvalue weighted by atomic mass is 32.2. The van der Waals surface area contributed by atoms with E-state index in [1.807, 2.05) is 0 Å². The van der Waals surface area contributed by atoms with Crippen LogP contribution in [0.5, 0.6) is 0 Å². The summed E-state index contributed by atoms with van der Waals surface area (Å²) < 4.78 is 28.4. The Hall–Kier alpha value is -2.54. The molecule has 0 bridgehead atoms. The van der Waals surface area contributed by atoms with Crippen molar-refractivity contribution in [3.63, 3.8) is 0 Å². The van der Waals surface area contributed by atoms with Gasteiger partial charge in [0, 0.05) is 17.2 Å². The van der Waals surface area contributed by atoms with Crippen LogP contribution in [0.4, 0.5) is 8.78 Å². The van der Waals surface area contributed by atoms with Gasteiger partial charge < -0.3 is 0 Å². The first-order chi connectivity index (χ1) is 10.7. The van der Waals surface area contributed by atoms with Gasteiger partial charge in [-0.15, -0.1) is 0 Å². The number of carbonyl (C=O) groups is 1. The number of nitrogens with zero attached hydrogens (tertiary/aromatic N) is 3. The van der Waals surface area contributed by atoms with Gasteiger partial charge in [-0.05, 0) is 30.3 Å². The zero-order valence-electron chi connectivity index (χ0n) is 11.1. The molecule has 0 saturated heterocycles. The van der Waals surface area contributed by atoms with E-state index >= 15 is 0 Å². The molecule has 0 saturated carbocycles. The smallest absolute Gasteiger partial charge is 0.238 e. The standard InChI is InChI=1S/C15H9F2N3OS/c16-10-3-1-4-12(7-10)22-14-8-11(9-21)19-20(14)13-5-2-6-18-15(13)17/h1-9H. The van der Waals surface area contributed by atoms with E-state index in [1.165, 1.54) is 46.9 Å². The van der Waals surface area contributed by atoms with Crippen molar-refractivity contribution in [1.29, 1.82) is 0 Å². The number of rotatable bonds is 4. The summed E-state index contributed by atoms with van der Waals surface area (Å²) in [4.78, 5) is 15.1. The molecule has 2 heterocycles. The van der Waals surface area contributed by atoms with Gasteiger partial charge in [0.2, 0.25) is 5.95 Å². The topological polar surface area (TPSA) is 47.8 Å². The van der Waals surface area contributed by atoms with Crippen molar-refractivity contribution in [3.05, 3.63) is 66.1 Å². The molecule has 4 nitrogen and oxygen atoms in total. The van der Waals surface area contributed by atoms with E-state index in [-0.39, 0.29) is 17.2 Å². The molecule has 0 spiro atoms. The van der Waals surface area contributed by atoms with Crippen molar-refractivity contribution in [2.24, 2.45) is 0 Å². The van der Waals surface area contributed by atoms with Gasteiger partial charge in [0.15, 0.2) is 6.29 Å². The van der Waals surface area contributed by atoms with Gasteiger partial charge in [0.25, 0.3) is 0 Å². The van der Waals surface area contributed by atoms with Crippen LogP contribution in [0.2, 0.25) is 0 Å². The normalized spacial score (nSPS) is 10.6. The number of carbonyl (C=O) groups excluding carboxylic acids is 1. The van der Waals surface area contributed by atoms with Gasteiger partial charge in [0.1, 0.15) is 22.2 Å². The Kier molecular flexibility index (Phi) is 3.97. The molecular weight excluding hydrogens is 308 g/mol. The minimum atomic E-state index is -0.704. The molecule has 0 aliphatic carbocycles. The third-order valence-corrected chi connectivity index (χ3v) is 3.79. The molecule has 0 radical (unpaired) electrons. The van der Waals surface area contributed by atoms with Crippen LogP contribution in [-0.4, -0.2) is 21.1 Å². The Morgan fingerprint density at radius 3 is 2.73 bits per heavy atom. The van der Waals surface area contributed by atoms with E-state index in [4.69, 9.17) is 0 Å². The van der Waals surface area contributed by atoms with E-state index < -0.39 is 5.95 Å². The van der Waals surface area contributed by atoms with Gasteiger partial charge in [-0.25, -0.2) is 14.1 Å². The number of aromatic nitrogens is 3. The molecule has 7 heteroatoms. The van der Waals surface area contributed by atoms with Gasteiger partial charge in [-0.3, -0.25) is 4.79 Å². The van der Waals surface area contributed by atoms with Crippen LogP contribution in [0.15, 0.2) is 58.6 Å². The summed E-state index contributed by atoms with van der Waals surface area (Å²) in [6.45, 7) is 0. The quantitative estimate of drug-likeness (QED) is 0.546. The Labute approximate surface area is 128 Å². The molecule has 110 valence electrons. The maximum atomic E-state index is 13.8. The van der Waals surface area contributed by atoms with Crippen molar-refractivity contribution in [3.8, 4) is 5.69 Å². The summed E-state index contributed by atoms with van der Waals surface area (Å²) in [6, 6.07) is 10.5. The van der Waals surface area contributed by atoms with Gasteiger partial charge in [-0.2, -0.15) is 9.49 Å². The van der Waals surface area contributed by atoms with Crippen LogP contribution in [0.1, 0.15) is 10.5 Å². The van der Waals surface area contributed by atoms with Crippen molar-refractivity contribution in [1.82, 2.24) is 14.8 Å². The van der Waals surface area contributed by atoms with Crippen LogP contribution in [0, 0.1) is 11.8 Å². The predicted octanol–water partition coefficient (Wildman–Crippen LogP) is 3.51. The Morgan fingerprint density at radius 1 is 1.14 bits per heavy atom. The van der Waals surface area contributed by atoms with Crippen LogP contribution >= 0.6 is 11.8 Å². The molecule has 3 aromatic rings. The van der Waals surface area contributed by atoms with Gasteiger partial charge >= 0.3 is 0 Å². The van der Waals surface area contributed by atoms with E-state index in [2.05, 4.69) is 10.1 Å². The molecule has 3 rings (SSSR count). The SMILES string of the molecule is O=Cc1cc(Sc2cccc(F)c2)n(-c2cccnc2F)n1. The first-order valence-corrected chi connectivity index (χ1v) is 7.08. The van der Waals surface area contributed by atoms with Crippen LogP contribution in [0.3, 0.4) is 0 Å². The monoisotopic (exact) mass is 317 g/mol. The summed E-state index contributed by atoms with van der Waals surface area (Å²) in [5, 5.41) is 4.52. The third-order valence-electron chi connectivity index (χ3n) is 2.80. The fraction of sp³-hybridized carbons (Fsp3) is 0. The molecular formula is C15H9F2N3OS. The fourth-order valence-electron chi connectivity index (χ4n) is 1.87. The summed E-state index contributed by atoms with van der Waals surface area (Å²) in [7, 11) is 0. The Balaban J connectivity index is 2.06. The fourth-order valence-corrected chi connectivity index (χ4v) is 2.84. The second kappa shape index (κ2) is 6.07. The minimum absolute atomic E-state index is 0.120. The number of aldehydes is 1. The first kappa shape index (κ1) is 14.4. The number of hydrogen-bond donors (Lipinski definition) is 0. The molecule has 2 aromatic heterocycles. The van der Waals surface area contributed by atoms with E-state index in [1.54, 1.807) is 18.2 Å². The van der Waals surface area contributed by atoms with E-state index in [0.717, 1.165) is 0 Å². The largest absolute Gasteiger partial charge is 0.296 e. The Morgan fingerprint density at radius 2 is 2.00 bits per heavy atom. The maximum Gasteiger partial charge on any atom is 0.238 e. The van der Waals surface area contributed by atoms with Crippen molar-refractivity contribution in [2.75, 3.05) is 0 Å². The average Bonchev–Trinajstić information content (AvgIpc) is 2.90. The molecule has 0 unspecified atom stereocenters. The zero-order chi connectivity index (χ0) is 15.5. The molecule has 0 atom stereocenters. The van der Waals surface area contributed by atoms with E-state index in [9.17, 15) is 13.6 Å². The Bertz CT molecular complexity index is 835. The number of benzene rings is 1. The van der Waals surface area contributed by atoms with Gasteiger partial charge in [-0.1, -0.05) is 17.8 Å².